The Balaban J connectivity index is 2.03. The molecule has 0 spiro atoms. The van der Waals surface area contributed by atoms with Crippen molar-refractivity contribution in [3.63, 3.8) is 0 Å². The maximum Gasteiger partial charge on any atom is 0.449 e. The Hall–Kier alpha value is -2.31. The molecular formula is C18H21NO4S. The Morgan fingerprint density at radius 3 is 1.88 bits per heavy atom. The first-order valence-corrected chi connectivity index (χ1v) is 8.87. The van der Waals surface area contributed by atoms with Gasteiger partial charge in [-0.3, -0.25) is 0 Å². The van der Waals surface area contributed by atoms with Crippen LogP contribution in [-0.2, 0) is 14.6 Å². The molecule has 0 aromatic heterocycles. The molecule has 128 valence electrons. The lowest BCUT2D eigenvalue weighted by Gasteiger charge is -2.11. The molecule has 0 heterocycles. The summed E-state index contributed by atoms with van der Waals surface area (Å²) in [5.74, 6) is 0.218. The first-order valence-electron chi connectivity index (χ1n) is 7.54. The van der Waals surface area contributed by atoms with Crippen molar-refractivity contribution in [3.05, 3.63) is 59.7 Å². The highest BCUT2D eigenvalue weighted by atomic mass is 32.3. The predicted molar refractivity (Wildman–Crippen MR) is 97.3 cm³/mol. The van der Waals surface area contributed by atoms with Crippen molar-refractivity contribution in [3.8, 4) is 5.75 Å². The molecule has 0 bridgehead atoms. The lowest BCUT2D eigenvalue weighted by Crippen LogP contribution is -2.12. The third-order valence-corrected chi connectivity index (χ3v) is 4.14. The highest BCUT2D eigenvalue weighted by Gasteiger charge is 2.11. The smallest absolute Gasteiger partial charge is 0.378 e. The third-order valence-electron chi connectivity index (χ3n) is 3.22. The van der Waals surface area contributed by atoms with Gasteiger partial charge in [0.2, 0.25) is 0 Å². The van der Waals surface area contributed by atoms with E-state index in [9.17, 15) is 8.42 Å². The molecule has 0 aliphatic rings. The maximum absolute atomic E-state index is 11.4. The normalized spacial score (nSPS) is 11.6. The maximum atomic E-state index is 11.4. The number of hydrogen-bond donors (Lipinski definition) is 0. The van der Waals surface area contributed by atoms with E-state index >= 15 is 0 Å². The van der Waals surface area contributed by atoms with Crippen LogP contribution in [0, 0.1) is 0 Å². The van der Waals surface area contributed by atoms with E-state index in [1.54, 1.807) is 31.2 Å². The van der Waals surface area contributed by atoms with Gasteiger partial charge in [-0.2, -0.15) is 8.42 Å². The number of benzene rings is 2. The second kappa shape index (κ2) is 7.99. The molecule has 2 aromatic rings. The van der Waals surface area contributed by atoms with Crippen molar-refractivity contribution in [1.29, 1.82) is 0 Å². The first kappa shape index (κ1) is 18.0. The van der Waals surface area contributed by atoms with Gasteiger partial charge in [0.25, 0.3) is 0 Å². The summed E-state index contributed by atoms with van der Waals surface area (Å²) >= 11 is 0. The number of nitrogens with zero attached hydrogens (tertiary/aromatic N) is 1. The van der Waals surface area contributed by atoms with Crippen molar-refractivity contribution in [1.82, 2.24) is 0 Å². The van der Waals surface area contributed by atoms with Gasteiger partial charge in [0.1, 0.15) is 5.75 Å². The fraction of sp³-hybridized carbons (Fsp3) is 0.222. The van der Waals surface area contributed by atoms with Gasteiger partial charge in [-0.05, 0) is 42.3 Å². The summed E-state index contributed by atoms with van der Waals surface area (Å²) in [6.45, 7) is 1.62. The Morgan fingerprint density at radius 2 is 1.42 bits per heavy atom. The van der Waals surface area contributed by atoms with E-state index in [-0.39, 0.29) is 12.4 Å². The van der Waals surface area contributed by atoms with Gasteiger partial charge >= 0.3 is 10.4 Å². The molecule has 0 aliphatic carbocycles. The quantitative estimate of drug-likeness (QED) is 0.717. The van der Waals surface area contributed by atoms with E-state index in [1.165, 1.54) is 0 Å². The van der Waals surface area contributed by atoms with Crippen molar-refractivity contribution >= 4 is 28.2 Å². The summed E-state index contributed by atoms with van der Waals surface area (Å²) in [5.41, 5.74) is 3.16. The minimum absolute atomic E-state index is 0.0375. The van der Waals surface area contributed by atoms with E-state index < -0.39 is 10.4 Å². The van der Waals surface area contributed by atoms with Crippen LogP contribution in [-0.4, -0.2) is 29.1 Å². The van der Waals surface area contributed by atoms with Crippen LogP contribution in [0.1, 0.15) is 18.1 Å². The van der Waals surface area contributed by atoms with Crippen LogP contribution >= 0.6 is 0 Å². The molecule has 0 aliphatic heterocycles. The van der Waals surface area contributed by atoms with E-state index in [0.717, 1.165) is 16.8 Å². The summed E-state index contributed by atoms with van der Waals surface area (Å²) < 4.78 is 32.2. The van der Waals surface area contributed by atoms with Crippen LogP contribution < -0.4 is 9.08 Å². The van der Waals surface area contributed by atoms with Gasteiger partial charge in [-0.15, -0.1) is 0 Å². The number of rotatable bonds is 7. The van der Waals surface area contributed by atoms with E-state index in [0.29, 0.717) is 0 Å². The second-order valence-corrected chi connectivity index (χ2v) is 6.51. The average Bonchev–Trinajstić information content (AvgIpc) is 2.54. The molecule has 0 radical (unpaired) electrons. The molecule has 0 fully saturated rings. The minimum Gasteiger partial charge on any atom is -0.378 e. The fourth-order valence-corrected chi connectivity index (χ4v) is 2.68. The molecule has 0 amide bonds. The molecular weight excluding hydrogens is 326 g/mol. The molecule has 0 unspecified atom stereocenters. The molecule has 6 heteroatoms. The molecule has 24 heavy (non-hydrogen) atoms. The standard InChI is InChI=1S/C18H21NO4S/c1-4-22-24(20,21)23-18-13-9-16(10-14-18)6-5-15-7-11-17(12-8-15)19(2)3/h5-14H,4H2,1-3H3. The topological polar surface area (TPSA) is 55.8 Å². The Bertz CT molecular complexity index is 779. The molecule has 0 atom stereocenters. The van der Waals surface area contributed by atoms with Crippen molar-refractivity contribution in [2.45, 2.75) is 6.92 Å². The summed E-state index contributed by atoms with van der Waals surface area (Å²) in [7, 11) is 0.0145. The number of anilines is 1. The zero-order valence-corrected chi connectivity index (χ0v) is 14.8. The van der Waals surface area contributed by atoms with Crippen LogP contribution in [0.2, 0.25) is 0 Å². The first-order chi connectivity index (χ1) is 11.4. The SMILES string of the molecule is CCOS(=O)(=O)Oc1ccc(C=Cc2ccc(N(C)C)cc2)cc1. The molecule has 2 rings (SSSR count). The van der Waals surface area contributed by atoms with Gasteiger partial charge < -0.3 is 9.08 Å². The molecule has 2 aromatic carbocycles. The van der Waals surface area contributed by atoms with Crippen LogP contribution in [0.3, 0.4) is 0 Å². The van der Waals surface area contributed by atoms with Crippen LogP contribution in [0.25, 0.3) is 12.2 Å². The lowest BCUT2D eigenvalue weighted by atomic mass is 10.1. The van der Waals surface area contributed by atoms with Crippen LogP contribution in [0.4, 0.5) is 5.69 Å². The second-order valence-electron chi connectivity index (χ2n) is 5.29. The van der Waals surface area contributed by atoms with Crippen LogP contribution in [0.15, 0.2) is 48.5 Å². The summed E-state index contributed by atoms with van der Waals surface area (Å²) in [5, 5.41) is 0. The van der Waals surface area contributed by atoms with Crippen LogP contribution in [0.5, 0.6) is 5.75 Å². The zero-order valence-electron chi connectivity index (χ0n) is 14.0. The molecule has 0 saturated carbocycles. The van der Waals surface area contributed by atoms with Crippen molar-refractivity contribution in [2.75, 3.05) is 25.6 Å². The summed E-state index contributed by atoms with van der Waals surface area (Å²) in [6, 6.07) is 14.9. The zero-order chi connectivity index (χ0) is 17.6. The van der Waals surface area contributed by atoms with Crippen molar-refractivity contribution in [2.24, 2.45) is 0 Å². The lowest BCUT2D eigenvalue weighted by molar-refractivity contribution is 0.288. The largest absolute Gasteiger partial charge is 0.449 e. The highest BCUT2D eigenvalue weighted by Crippen LogP contribution is 2.18. The Morgan fingerprint density at radius 1 is 0.917 bits per heavy atom. The summed E-state index contributed by atoms with van der Waals surface area (Å²) in [6.07, 6.45) is 3.94. The Labute approximate surface area is 143 Å². The van der Waals surface area contributed by atoms with Crippen molar-refractivity contribution < 1.29 is 16.8 Å². The average molecular weight is 347 g/mol. The van der Waals surface area contributed by atoms with Gasteiger partial charge in [-0.25, -0.2) is 4.18 Å². The highest BCUT2D eigenvalue weighted by molar-refractivity contribution is 7.82. The van der Waals surface area contributed by atoms with Gasteiger partial charge in [0.15, 0.2) is 0 Å². The molecule has 0 saturated heterocycles. The van der Waals surface area contributed by atoms with Gasteiger partial charge in [-0.1, -0.05) is 36.4 Å². The van der Waals surface area contributed by atoms with Gasteiger partial charge in [0, 0.05) is 19.8 Å². The van der Waals surface area contributed by atoms with E-state index in [2.05, 4.69) is 16.3 Å². The Kier molecular flexibility index (Phi) is 6.00. The number of hydrogen-bond acceptors (Lipinski definition) is 5. The molecule has 0 N–H and O–H groups in total. The summed E-state index contributed by atoms with van der Waals surface area (Å²) in [4.78, 5) is 2.04. The van der Waals surface area contributed by atoms with E-state index in [1.807, 2.05) is 43.3 Å². The third kappa shape index (κ3) is 5.40. The monoisotopic (exact) mass is 347 g/mol. The van der Waals surface area contributed by atoms with Gasteiger partial charge in [0.05, 0.1) is 6.61 Å². The predicted octanol–water partition coefficient (Wildman–Crippen LogP) is 3.58. The fourth-order valence-electron chi connectivity index (χ4n) is 2.00. The minimum atomic E-state index is -3.99. The van der Waals surface area contributed by atoms with E-state index in [4.69, 9.17) is 4.18 Å². The molecule has 5 nitrogen and oxygen atoms in total.